The van der Waals surface area contributed by atoms with Gasteiger partial charge in [-0.1, -0.05) is 78.3 Å². The zero-order valence-corrected chi connectivity index (χ0v) is 17.7. The summed E-state index contributed by atoms with van der Waals surface area (Å²) in [5, 5.41) is 11.5. The van der Waals surface area contributed by atoms with Gasteiger partial charge in [0, 0.05) is 6.42 Å². The van der Waals surface area contributed by atoms with Crippen molar-refractivity contribution >= 4 is 46.6 Å². The topological polar surface area (TPSA) is 68.0 Å². The van der Waals surface area contributed by atoms with Crippen LogP contribution in [0.3, 0.4) is 0 Å². The Labute approximate surface area is 177 Å². The molecule has 0 saturated carbocycles. The van der Waals surface area contributed by atoms with Gasteiger partial charge in [-0.3, -0.25) is 4.79 Å². The minimum Gasteiger partial charge on any atom is -0.416 e. The lowest BCUT2D eigenvalue weighted by Gasteiger charge is -2.11. The molecule has 1 heterocycles. The number of hydrogen-bond donors (Lipinski definition) is 1. The molecule has 0 aliphatic rings. The van der Waals surface area contributed by atoms with E-state index in [9.17, 15) is 4.79 Å². The maximum absolute atomic E-state index is 12.4. The van der Waals surface area contributed by atoms with Crippen LogP contribution in [0.4, 0.5) is 5.69 Å². The highest BCUT2D eigenvalue weighted by Crippen LogP contribution is 2.31. The molecule has 1 N–H and O–H groups in total. The summed E-state index contributed by atoms with van der Waals surface area (Å²) in [6.45, 7) is 3.87. The van der Waals surface area contributed by atoms with Gasteiger partial charge in [0.05, 0.1) is 21.0 Å². The van der Waals surface area contributed by atoms with Crippen molar-refractivity contribution in [1.82, 2.24) is 10.2 Å². The van der Waals surface area contributed by atoms with Gasteiger partial charge in [-0.2, -0.15) is 0 Å². The van der Waals surface area contributed by atoms with Crippen molar-refractivity contribution in [3.63, 3.8) is 0 Å². The van der Waals surface area contributed by atoms with E-state index in [4.69, 9.17) is 27.6 Å². The Bertz CT molecular complexity index is 950. The third-order valence-corrected chi connectivity index (χ3v) is 5.91. The van der Waals surface area contributed by atoms with Gasteiger partial charge in [0.1, 0.15) is 0 Å². The second-order valence-corrected chi connectivity index (χ2v) is 8.41. The molecule has 1 aromatic heterocycles. The molecule has 1 amide bonds. The van der Waals surface area contributed by atoms with Crippen molar-refractivity contribution in [2.75, 3.05) is 5.32 Å². The SMILES string of the molecule is CC(Sc1nnc(CC(C)c2ccccc2)o1)C(=O)Nc1cccc(Cl)c1Cl. The molecule has 0 aliphatic carbocycles. The summed E-state index contributed by atoms with van der Waals surface area (Å²) in [6.07, 6.45) is 0.635. The number of nitrogens with one attached hydrogen (secondary N) is 1. The molecule has 2 aromatic carbocycles. The van der Waals surface area contributed by atoms with E-state index in [0.29, 0.717) is 33.3 Å². The van der Waals surface area contributed by atoms with Gasteiger partial charge < -0.3 is 9.73 Å². The van der Waals surface area contributed by atoms with Crippen LogP contribution in [0, 0.1) is 0 Å². The summed E-state index contributed by atoms with van der Waals surface area (Å²) < 4.78 is 5.70. The Hall–Kier alpha value is -2.02. The second-order valence-electron chi connectivity index (χ2n) is 6.33. The van der Waals surface area contributed by atoms with Gasteiger partial charge in [-0.15, -0.1) is 10.2 Å². The molecule has 3 aromatic rings. The standard InChI is InChI=1S/C20H19Cl2N3O2S/c1-12(14-7-4-3-5-8-14)11-17-24-25-20(27-17)28-13(2)19(26)23-16-10-6-9-15(21)18(16)22/h3-10,12-13H,11H2,1-2H3,(H,23,26). The molecule has 0 bridgehead atoms. The fourth-order valence-electron chi connectivity index (χ4n) is 2.57. The zero-order valence-electron chi connectivity index (χ0n) is 15.4. The van der Waals surface area contributed by atoms with Crippen molar-refractivity contribution in [1.29, 1.82) is 0 Å². The molecule has 0 radical (unpaired) electrons. The van der Waals surface area contributed by atoms with Crippen molar-refractivity contribution in [3.8, 4) is 0 Å². The quantitative estimate of drug-likeness (QED) is 0.471. The molecule has 146 valence electrons. The van der Waals surface area contributed by atoms with E-state index < -0.39 is 5.25 Å². The van der Waals surface area contributed by atoms with Gasteiger partial charge in [-0.25, -0.2) is 0 Å². The highest BCUT2D eigenvalue weighted by Gasteiger charge is 2.20. The summed E-state index contributed by atoms with van der Waals surface area (Å²) in [4.78, 5) is 12.4. The largest absolute Gasteiger partial charge is 0.416 e. The van der Waals surface area contributed by atoms with E-state index in [1.807, 2.05) is 18.2 Å². The average Bonchev–Trinajstić information content (AvgIpc) is 3.12. The van der Waals surface area contributed by atoms with Crippen LogP contribution in [-0.4, -0.2) is 21.4 Å². The highest BCUT2D eigenvalue weighted by molar-refractivity contribution is 8.00. The van der Waals surface area contributed by atoms with E-state index in [1.54, 1.807) is 25.1 Å². The minimum atomic E-state index is -0.449. The van der Waals surface area contributed by atoms with Gasteiger partial charge in [0.25, 0.3) is 5.22 Å². The van der Waals surface area contributed by atoms with E-state index >= 15 is 0 Å². The van der Waals surface area contributed by atoms with Gasteiger partial charge in [-0.05, 0) is 30.5 Å². The lowest BCUT2D eigenvalue weighted by molar-refractivity contribution is -0.115. The van der Waals surface area contributed by atoms with Crippen molar-refractivity contribution < 1.29 is 9.21 Å². The molecule has 0 aliphatic heterocycles. The van der Waals surface area contributed by atoms with Crippen molar-refractivity contribution in [2.45, 2.75) is 36.7 Å². The Morgan fingerprint density at radius 3 is 2.61 bits per heavy atom. The highest BCUT2D eigenvalue weighted by atomic mass is 35.5. The number of hydrogen-bond acceptors (Lipinski definition) is 5. The lowest BCUT2D eigenvalue weighted by Crippen LogP contribution is -2.22. The van der Waals surface area contributed by atoms with Crippen LogP contribution in [0.15, 0.2) is 58.2 Å². The second kappa shape index (κ2) is 9.45. The van der Waals surface area contributed by atoms with E-state index in [-0.39, 0.29) is 11.8 Å². The van der Waals surface area contributed by atoms with E-state index in [1.165, 1.54) is 17.3 Å². The predicted octanol–water partition coefficient (Wildman–Crippen LogP) is 5.84. The summed E-state index contributed by atoms with van der Waals surface area (Å²) in [5.74, 6) is 0.570. The molecular weight excluding hydrogens is 417 g/mol. The number of anilines is 1. The van der Waals surface area contributed by atoms with Crippen molar-refractivity contribution in [2.24, 2.45) is 0 Å². The van der Waals surface area contributed by atoms with E-state index in [0.717, 1.165) is 0 Å². The summed E-state index contributed by atoms with van der Waals surface area (Å²) >= 11 is 13.3. The maximum Gasteiger partial charge on any atom is 0.277 e. The van der Waals surface area contributed by atoms with Crippen LogP contribution in [0.5, 0.6) is 0 Å². The minimum absolute atomic E-state index is 0.230. The molecule has 0 spiro atoms. The van der Waals surface area contributed by atoms with Crippen LogP contribution >= 0.6 is 35.0 Å². The maximum atomic E-state index is 12.4. The number of aromatic nitrogens is 2. The number of carbonyl (C=O) groups is 1. The molecule has 2 atom stereocenters. The number of rotatable bonds is 7. The first-order valence-corrected chi connectivity index (χ1v) is 10.4. The van der Waals surface area contributed by atoms with Gasteiger partial charge >= 0.3 is 0 Å². The summed E-state index contributed by atoms with van der Waals surface area (Å²) in [5.41, 5.74) is 1.68. The smallest absolute Gasteiger partial charge is 0.277 e. The lowest BCUT2D eigenvalue weighted by atomic mass is 9.98. The monoisotopic (exact) mass is 435 g/mol. The molecule has 2 unspecified atom stereocenters. The number of halogens is 2. The molecular formula is C20H19Cl2N3O2S. The molecule has 3 rings (SSSR count). The molecule has 0 saturated heterocycles. The van der Waals surface area contributed by atoms with Crippen LogP contribution in [0.1, 0.15) is 31.2 Å². The Morgan fingerprint density at radius 1 is 1.11 bits per heavy atom. The van der Waals surface area contributed by atoms with Crippen LogP contribution in [0.2, 0.25) is 10.0 Å². The fourth-order valence-corrected chi connectivity index (χ4v) is 3.62. The fraction of sp³-hybridized carbons (Fsp3) is 0.250. The molecule has 28 heavy (non-hydrogen) atoms. The van der Waals surface area contributed by atoms with Gasteiger partial charge in [0.15, 0.2) is 0 Å². The first kappa shape index (κ1) is 20.7. The summed E-state index contributed by atoms with van der Waals surface area (Å²) in [7, 11) is 0. The first-order chi connectivity index (χ1) is 13.4. The van der Waals surface area contributed by atoms with E-state index in [2.05, 4.69) is 34.6 Å². The van der Waals surface area contributed by atoms with Crippen LogP contribution in [0.25, 0.3) is 0 Å². The Morgan fingerprint density at radius 2 is 1.86 bits per heavy atom. The Kier molecular flexibility index (Phi) is 6.99. The third kappa shape index (κ3) is 5.28. The van der Waals surface area contributed by atoms with Gasteiger partial charge in [0.2, 0.25) is 11.8 Å². The first-order valence-electron chi connectivity index (χ1n) is 8.73. The third-order valence-electron chi connectivity index (χ3n) is 4.15. The predicted molar refractivity (Wildman–Crippen MR) is 113 cm³/mol. The number of thioether (sulfide) groups is 1. The van der Waals surface area contributed by atoms with Crippen LogP contribution in [-0.2, 0) is 11.2 Å². The van der Waals surface area contributed by atoms with Crippen LogP contribution < -0.4 is 5.32 Å². The molecule has 8 heteroatoms. The molecule has 5 nitrogen and oxygen atoms in total. The number of nitrogens with zero attached hydrogens (tertiary/aromatic N) is 2. The normalized spacial score (nSPS) is 13.1. The Balaban J connectivity index is 1.58. The zero-order chi connectivity index (χ0) is 20.1. The number of carbonyl (C=O) groups excluding carboxylic acids is 1. The number of amides is 1. The summed E-state index contributed by atoms with van der Waals surface area (Å²) in [6, 6.07) is 15.2. The van der Waals surface area contributed by atoms with Crippen molar-refractivity contribution in [3.05, 3.63) is 70.0 Å². The molecule has 0 fully saturated rings. The average molecular weight is 436 g/mol. The number of benzene rings is 2.